The molecule has 2 aliphatic heterocycles. The van der Waals surface area contributed by atoms with Crippen LogP contribution in [0.25, 0.3) is 0 Å². The van der Waals surface area contributed by atoms with E-state index in [1.807, 2.05) is 6.92 Å². The van der Waals surface area contributed by atoms with Gasteiger partial charge in [0.15, 0.2) is 0 Å². The van der Waals surface area contributed by atoms with Crippen molar-refractivity contribution in [2.24, 2.45) is 17.8 Å². The number of para-hydroxylation sites is 1. The van der Waals surface area contributed by atoms with Crippen molar-refractivity contribution in [3.05, 3.63) is 64.7 Å². The lowest BCUT2D eigenvalue weighted by Crippen LogP contribution is -2.65. The maximum Gasteiger partial charge on any atom is 0.417 e. The minimum Gasteiger partial charge on any atom is -0.343 e. The van der Waals surface area contributed by atoms with Crippen LogP contribution in [0.5, 0.6) is 0 Å². The van der Waals surface area contributed by atoms with Gasteiger partial charge < -0.3 is 54.7 Å². The number of carbonyl (C=O) groups excluding carboxylic acids is 11. The maximum absolute atomic E-state index is 15.3. The third kappa shape index (κ3) is 15.9. The molecule has 2 aromatic carbocycles. The number of rotatable bonds is 8. The van der Waals surface area contributed by atoms with Gasteiger partial charge in [-0.15, -0.1) is 0 Å². The quantitative estimate of drug-likeness (QED) is 0.363. The molecule has 0 spiro atoms. The van der Waals surface area contributed by atoms with E-state index in [1.165, 1.54) is 112 Å². The van der Waals surface area contributed by atoms with E-state index in [2.05, 4.69) is 10.6 Å². The molecule has 6 rings (SSSR count). The van der Waals surface area contributed by atoms with Crippen molar-refractivity contribution in [3.8, 4) is 0 Å². The number of hydrogen-bond donors (Lipinski definition) is 2. The Morgan fingerprint density at radius 1 is 0.644 bits per heavy atom. The molecule has 2 heterocycles. The van der Waals surface area contributed by atoms with E-state index in [1.54, 1.807) is 44.2 Å². The number of likely N-dealkylation sites (N-methyl/N-ethyl adjacent to an activating group) is 7. The van der Waals surface area contributed by atoms with Gasteiger partial charge in [-0.25, -0.2) is 0 Å². The fourth-order valence-electron chi connectivity index (χ4n) is 11.9. The van der Waals surface area contributed by atoms with Gasteiger partial charge in [0.1, 0.15) is 54.4 Å². The topological polar surface area (TPSA) is 241 Å². The van der Waals surface area contributed by atoms with Gasteiger partial charge in [0.25, 0.3) is 0 Å². The Balaban J connectivity index is 1.38. The van der Waals surface area contributed by atoms with Crippen molar-refractivity contribution in [2.45, 2.75) is 179 Å². The normalized spacial score (nSPS) is 27.0. The smallest absolute Gasteiger partial charge is 0.343 e. The number of benzene rings is 2. The highest BCUT2D eigenvalue weighted by Gasteiger charge is 2.49. The lowest BCUT2D eigenvalue weighted by atomic mass is 9.78. The summed E-state index contributed by atoms with van der Waals surface area (Å²) in [5.74, 6) is -8.04. The molecule has 4 fully saturated rings. The zero-order valence-electron chi connectivity index (χ0n) is 54.4. The van der Waals surface area contributed by atoms with Gasteiger partial charge in [-0.1, -0.05) is 69.0 Å². The minimum atomic E-state index is -4.76. The van der Waals surface area contributed by atoms with Crippen molar-refractivity contribution < 1.29 is 65.9 Å². The maximum atomic E-state index is 15.3. The number of carbonyl (C=O) groups is 11. The SMILES string of the molecule is CC[C@H](C)[C@@H]1NC(=O)[C@H](C)N(C)C(=O)C[C@@H](C)N(C)C(=O)[C@H](C2CCC2)N(C)C(=O)C(C)(C)N(C)C(=O)CN(c2ccccc2)C(=O)[C@H](CCc2ccc(C(F)(F)F)c(Cl)c2)NC(=O)CN(C)C(=O)[C@H](C2CCC2)N(C)C(=O)[C@@H]2CCN2C(=O)[C@H](C)N(C)C1=O. The highest BCUT2D eigenvalue weighted by Crippen LogP contribution is 2.38. The highest BCUT2D eigenvalue weighted by molar-refractivity contribution is 6.31. The van der Waals surface area contributed by atoms with Gasteiger partial charge in [-0.05, 0) is 127 Å². The summed E-state index contributed by atoms with van der Waals surface area (Å²) in [7, 11) is 10.0. The van der Waals surface area contributed by atoms with Gasteiger partial charge in [-0.2, -0.15) is 13.2 Å². The van der Waals surface area contributed by atoms with Gasteiger partial charge >= 0.3 is 6.18 Å². The van der Waals surface area contributed by atoms with Crippen molar-refractivity contribution in [2.75, 3.05) is 73.9 Å². The third-order valence-electron chi connectivity index (χ3n) is 19.5. The van der Waals surface area contributed by atoms with E-state index in [0.29, 0.717) is 32.1 Å². The average Bonchev–Trinajstić information content (AvgIpc) is 0.952. The summed E-state index contributed by atoms with van der Waals surface area (Å²) in [4.78, 5) is 171. The number of nitrogens with one attached hydrogen (secondary N) is 2. The second kappa shape index (κ2) is 29.8. The summed E-state index contributed by atoms with van der Waals surface area (Å²) in [5, 5.41) is 4.95. The first kappa shape index (κ1) is 71.8. The van der Waals surface area contributed by atoms with Crippen LogP contribution in [0.2, 0.25) is 5.02 Å². The van der Waals surface area contributed by atoms with Crippen LogP contribution in [0, 0.1) is 17.8 Å². The van der Waals surface area contributed by atoms with Gasteiger partial charge in [-0.3, -0.25) is 52.7 Å². The van der Waals surface area contributed by atoms with Crippen LogP contribution in [0.1, 0.15) is 124 Å². The molecule has 90 heavy (non-hydrogen) atoms. The molecule has 0 radical (unpaired) electrons. The monoisotopic (exact) mass is 1280 g/mol. The number of nitrogens with zero attached hydrogens (tertiary/aromatic N) is 9. The Bertz CT molecular complexity index is 3020. The number of anilines is 1. The first-order valence-corrected chi connectivity index (χ1v) is 31.4. The number of halogens is 4. The van der Waals surface area contributed by atoms with E-state index in [-0.39, 0.29) is 55.3 Å². The molecular formula is C64H91ClF3N11O11. The molecule has 11 amide bonds. The van der Waals surface area contributed by atoms with Crippen LogP contribution in [-0.4, -0.2) is 227 Å². The van der Waals surface area contributed by atoms with E-state index < -0.39 is 155 Å². The number of alkyl halides is 3. The predicted octanol–water partition coefficient (Wildman–Crippen LogP) is 4.84. The van der Waals surface area contributed by atoms with Crippen LogP contribution in [0.3, 0.4) is 0 Å². The lowest BCUT2D eigenvalue weighted by molar-refractivity contribution is -0.161. The Hall–Kier alpha value is -7.31. The van der Waals surface area contributed by atoms with Crippen molar-refractivity contribution in [3.63, 3.8) is 0 Å². The van der Waals surface area contributed by atoms with Gasteiger partial charge in [0, 0.05) is 74.0 Å². The molecule has 4 aliphatic rings. The largest absolute Gasteiger partial charge is 0.417 e. The number of hydrogen-bond acceptors (Lipinski definition) is 11. The van der Waals surface area contributed by atoms with Crippen LogP contribution >= 0.6 is 11.6 Å². The number of fused-ring (bicyclic) bond motifs is 1. The Kier molecular flexibility index (Phi) is 23.7. The molecule has 2 aliphatic carbocycles. The van der Waals surface area contributed by atoms with E-state index >= 15 is 4.79 Å². The van der Waals surface area contributed by atoms with Crippen molar-refractivity contribution in [1.29, 1.82) is 0 Å². The first-order valence-electron chi connectivity index (χ1n) is 31.0. The molecule has 9 atom stereocenters. The summed E-state index contributed by atoms with van der Waals surface area (Å²) in [5.41, 5.74) is -2.29. The van der Waals surface area contributed by atoms with Crippen molar-refractivity contribution >= 4 is 82.3 Å². The molecule has 496 valence electrons. The zero-order chi connectivity index (χ0) is 67.2. The van der Waals surface area contributed by atoms with E-state index in [9.17, 15) is 61.1 Å². The third-order valence-corrected chi connectivity index (χ3v) is 19.8. The Labute approximate surface area is 531 Å². The molecule has 0 bridgehead atoms. The van der Waals surface area contributed by atoms with Crippen LogP contribution in [-0.2, 0) is 65.3 Å². The fourth-order valence-corrected chi connectivity index (χ4v) is 12.2. The minimum absolute atomic E-state index is 0.116. The second-order valence-corrected chi connectivity index (χ2v) is 26.0. The molecule has 2 aromatic rings. The van der Waals surface area contributed by atoms with Crippen LogP contribution in [0.15, 0.2) is 48.5 Å². The molecular weight excluding hydrogens is 1190 g/mol. The second-order valence-electron chi connectivity index (χ2n) is 25.6. The molecule has 2 saturated carbocycles. The predicted molar refractivity (Wildman–Crippen MR) is 331 cm³/mol. The zero-order valence-corrected chi connectivity index (χ0v) is 55.2. The van der Waals surface area contributed by atoms with Crippen molar-refractivity contribution in [1.82, 2.24) is 49.8 Å². The Morgan fingerprint density at radius 2 is 1.23 bits per heavy atom. The molecule has 2 N–H and O–H groups in total. The van der Waals surface area contributed by atoms with E-state index in [0.717, 1.165) is 39.7 Å². The van der Waals surface area contributed by atoms with E-state index in [4.69, 9.17) is 11.6 Å². The summed E-state index contributed by atoms with van der Waals surface area (Å²) >= 11 is 6.13. The summed E-state index contributed by atoms with van der Waals surface area (Å²) in [6.07, 6.45) is -0.799. The van der Waals surface area contributed by atoms with Crippen LogP contribution < -0.4 is 15.5 Å². The average molecular weight is 1280 g/mol. The highest BCUT2D eigenvalue weighted by atomic mass is 35.5. The Morgan fingerprint density at radius 3 is 1.76 bits per heavy atom. The molecule has 2 saturated heterocycles. The number of amides is 11. The molecule has 22 nitrogen and oxygen atoms in total. The first-order chi connectivity index (χ1) is 42.1. The molecule has 0 aromatic heterocycles. The van der Waals surface area contributed by atoms with Gasteiger partial charge in [0.2, 0.25) is 65.0 Å². The number of aryl methyl sites for hydroxylation is 1. The summed E-state index contributed by atoms with van der Waals surface area (Å²) < 4.78 is 41.4. The standard InChI is InChI=1S/C64H91ClF3N11O11/c1-15-37(2)52-59(87)74(11)40(5)56(84)78-32-31-48(78)58(86)75(12)53(42-21-19-22-42)60(88)71(8)35-49(80)69-47(30-28-41-27-29-45(46(65)34-41)64(66,67)68)57(85)79(44-25-17-16-18-26-44)36-51(82)77(14)63(6,7)62(90)76(13)54(43-23-20-24-43)61(89)72(9)38(3)33-50(81)73(10)39(4)55(83)70-52/h16-18,25-27,29,34,37-40,42-43,47-48,52-54H,15,19-24,28,30-33,35-36H2,1-14H3,(H,69,80)(H,70,83)/t37-,38+,39-,40-,47-,48-,52-,53-,54-/m0/s1. The van der Waals surface area contributed by atoms with Gasteiger partial charge in [0.05, 0.1) is 17.1 Å². The van der Waals surface area contributed by atoms with Crippen LogP contribution in [0.4, 0.5) is 18.9 Å². The molecule has 26 heteroatoms. The lowest BCUT2D eigenvalue weighted by Gasteiger charge is -2.46. The summed E-state index contributed by atoms with van der Waals surface area (Å²) in [6, 6.07) is 2.31. The summed E-state index contributed by atoms with van der Waals surface area (Å²) in [6.45, 7) is 10.1. The molecule has 0 unspecified atom stereocenters. The fraction of sp³-hybridized carbons (Fsp3) is 0.641.